The summed E-state index contributed by atoms with van der Waals surface area (Å²) in [5.41, 5.74) is 0. The quantitative estimate of drug-likeness (QED) is 0.424. The van der Waals surface area contributed by atoms with Crippen LogP contribution in [0.15, 0.2) is 12.2 Å². The maximum absolute atomic E-state index is 13.7. The molecule has 0 amide bonds. The van der Waals surface area contributed by atoms with Crippen LogP contribution in [0.2, 0.25) is 0 Å². The molecule has 0 N–H and O–H groups in total. The Morgan fingerprint density at radius 3 is 1.94 bits per heavy atom. The van der Waals surface area contributed by atoms with Gasteiger partial charge < -0.3 is 0 Å². The van der Waals surface area contributed by atoms with Gasteiger partial charge in [0.05, 0.1) is 0 Å². The van der Waals surface area contributed by atoms with E-state index < -0.39 is 18.1 Å². The molecule has 106 valence electrons. The largest absolute Gasteiger partial charge is 0.342 e. The highest BCUT2D eigenvalue weighted by Gasteiger charge is 2.57. The van der Waals surface area contributed by atoms with Crippen LogP contribution in [0.25, 0.3) is 0 Å². The van der Waals surface area contributed by atoms with Gasteiger partial charge in [-0.2, -0.15) is 17.6 Å². The van der Waals surface area contributed by atoms with Gasteiger partial charge in [-0.25, -0.2) is 9.29 Å². The van der Waals surface area contributed by atoms with Crippen LogP contribution in [-0.2, 0) is 0 Å². The molecule has 0 spiro atoms. The maximum Gasteiger partial charge on any atom is 0.342 e. The predicted molar refractivity (Wildman–Crippen MR) is 59.6 cm³/mol. The lowest BCUT2D eigenvalue weighted by molar-refractivity contribution is -0.236. The van der Waals surface area contributed by atoms with E-state index in [2.05, 4.69) is 0 Å². The molecule has 1 aliphatic rings. The number of hydrogen-bond donors (Lipinski definition) is 0. The Balaban J connectivity index is 2.82. The molecule has 0 aromatic rings. The lowest BCUT2D eigenvalue weighted by Gasteiger charge is -2.34. The van der Waals surface area contributed by atoms with Crippen LogP contribution in [0.5, 0.6) is 0 Å². The third kappa shape index (κ3) is 3.43. The molecule has 18 heavy (non-hydrogen) atoms. The molecule has 0 aromatic carbocycles. The summed E-state index contributed by atoms with van der Waals surface area (Å²) < 4.78 is 67.4. The zero-order valence-electron chi connectivity index (χ0n) is 10.3. The summed E-state index contributed by atoms with van der Waals surface area (Å²) in [6, 6.07) is -4.13. The van der Waals surface area contributed by atoms with Crippen molar-refractivity contribution in [3.8, 4) is 0 Å². The smallest absolute Gasteiger partial charge is 0.242 e. The lowest BCUT2D eigenvalue weighted by Crippen LogP contribution is -2.54. The SMILES string of the molecule is C/C=C\C(F)(F)C(F)C(F)(F)N1CCCCCC1. The second kappa shape index (κ2) is 5.99. The van der Waals surface area contributed by atoms with Gasteiger partial charge in [0.1, 0.15) is 0 Å². The van der Waals surface area contributed by atoms with Crippen molar-refractivity contribution in [1.82, 2.24) is 4.90 Å². The predicted octanol–water partition coefficient (Wildman–Crippen LogP) is 4.00. The van der Waals surface area contributed by atoms with E-state index in [9.17, 15) is 22.0 Å². The van der Waals surface area contributed by atoms with E-state index in [4.69, 9.17) is 0 Å². The Morgan fingerprint density at radius 2 is 1.50 bits per heavy atom. The van der Waals surface area contributed by atoms with E-state index in [1.807, 2.05) is 0 Å². The first-order valence-corrected chi connectivity index (χ1v) is 6.11. The second-order valence-corrected chi connectivity index (χ2v) is 4.53. The van der Waals surface area contributed by atoms with E-state index >= 15 is 0 Å². The van der Waals surface area contributed by atoms with Crippen molar-refractivity contribution in [2.45, 2.75) is 50.7 Å². The van der Waals surface area contributed by atoms with Crippen molar-refractivity contribution < 1.29 is 22.0 Å². The standard InChI is InChI=1S/C12H18F5N/c1-2-7-11(14,15)10(13)12(16,17)18-8-5-3-4-6-9-18/h2,7,10H,3-6,8-9H2,1H3/b7-2-. The van der Waals surface area contributed by atoms with Crippen molar-refractivity contribution in [3.63, 3.8) is 0 Å². The van der Waals surface area contributed by atoms with Gasteiger partial charge in [-0.1, -0.05) is 18.9 Å². The first kappa shape index (κ1) is 15.4. The first-order chi connectivity index (χ1) is 8.32. The van der Waals surface area contributed by atoms with Gasteiger partial charge in [0, 0.05) is 13.1 Å². The summed E-state index contributed by atoms with van der Waals surface area (Å²) in [7, 11) is 0. The van der Waals surface area contributed by atoms with E-state index in [-0.39, 0.29) is 19.2 Å². The molecular weight excluding hydrogens is 253 g/mol. The van der Waals surface area contributed by atoms with E-state index in [1.165, 1.54) is 6.92 Å². The molecule has 1 aliphatic heterocycles. The van der Waals surface area contributed by atoms with Gasteiger partial charge in [0.15, 0.2) is 0 Å². The summed E-state index contributed by atoms with van der Waals surface area (Å²) in [6.45, 7) is 1.16. The molecule has 0 radical (unpaired) electrons. The van der Waals surface area contributed by atoms with Crippen molar-refractivity contribution in [2.75, 3.05) is 13.1 Å². The van der Waals surface area contributed by atoms with Gasteiger partial charge in [0.2, 0.25) is 6.17 Å². The van der Waals surface area contributed by atoms with Crippen LogP contribution < -0.4 is 0 Å². The van der Waals surface area contributed by atoms with E-state index in [1.54, 1.807) is 0 Å². The average Bonchev–Trinajstić information content (AvgIpc) is 2.56. The molecule has 1 fully saturated rings. The van der Waals surface area contributed by atoms with Gasteiger partial charge >= 0.3 is 12.0 Å². The molecule has 6 heteroatoms. The van der Waals surface area contributed by atoms with Gasteiger partial charge in [-0.05, 0) is 25.8 Å². The first-order valence-electron chi connectivity index (χ1n) is 6.11. The molecule has 1 heterocycles. The fraction of sp³-hybridized carbons (Fsp3) is 0.833. The molecule has 1 nitrogen and oxygen atoms in total. The van der Waals surface area contributed by atoms with E-state index in [0.29, 0.717) is 17.7 Å². The van der Waals surface area contributed by atoms with Gasteiger partial charge in [-0.15, -0.1) is 0 Å². The molecule has 0 aliphatic carbocycles. The fourth-order valence-electron chi connectivity index (χ4n) is 2.07. The summed E-state index contributed by atoms with van der Waals surface area (Å²) in [6.07, 6.45) is 0.0619. The summed E-state index contributed by atoms with van der Waals surface area (Å²) >= 11 is 0. The second-order valence-electron chi connectivity index (χ2n) is 4.53. The van der Waals surface area contributed by atoms with Crippen LogP contribution in [0.1, 0.15) is 32.6 Å². The van der Waals surface area contributed by atoms with Crippen LogP contribution in [-0.4, -0.2) is 36.1 Å². The molecular formula is C12H18F5N. The van der Waals surface area contributed by atoms with Crippen LogP contribution in [0.3, 0.4) is 0 Å². The number of nitrogens with zero attached hydrogens (tertiary/aromatic N) is 1. The van der Waals surface area contributed by atoms with Crippen molar-refractivity contribution in [1.29, 1.82) is 0 Å². The summed E-state index contributed by atoms with van der Waals surface area (Å²) in [5.74, 6) is -4.15. The highest BCUT2D eigenvalue weighted by molar-refractivity contribution is 5.02. The molecule has 0 saturated carbocycles. The Labute approximate surface area is 104 Å². The Hall–Kier alpha value is -0.650. The minimum Gasteiger partial charge on any atom is -0.242 e. The fourth-order valence-corrected chi connectivity index (χ4v) is 2.07. The summed E-state index contributed by atoms with van der Waals surface area (Å²) in [5, 5.41) is 0. The van der Waals surface area contributed by atoms with Gasteiger partial charge in [-0.3, -0.25) is 0 Å². The molecule has 1 atom stereocenters. The number of alkyl halides is 5. The Kier molecular flexibility index (Phi) is 5.13. The monoisotopic (exact) mass is 271 g/mol. The number of rotatable bonds is 4. The molecule has 0 bridgehead atoms. The number of halogens is 5. The lowest BCUT2D eigenvalue weighted by atomic mass is 10.1. The highest BCUT2D eigenvalue weighted by Crippen LogP contribution is 2.38. The third-order valence-electron chi connectivity index (χ3n) is 3.06. The minimum absolute atomic E-state index is 0.0423. The zero-order chi connectivity index (χ0) is 13.8. The van der Waals surface area contributed by atoms with Crippen molar-refractivity contribution in [3.05, 3.63) is 12.2 Å². The zero-order valence-corrected chi connectivity index (χ0v) is 10.3. The number of hydrogen-bond acceptors (Lipinski definition) is 1. The highest BCUT2D eigenvalue weighted by atomic mass is 19.3. The number of allylic oxidation sites excluding steroid dienone is 2. The van der Waals surface area contributed by atoms with Crippen molar-refractivity contribution >= 4 is 0 Å². The van der Waals surface area contributed by atoms with Crippen molar-refractivity contribution in [2.24, 2.45) is 0 Å². The van der Waals surface area contributed by atoms with Crippen LogP contribution in [0, 0.1) is 0 Å². The van der Waals surface area contributed by atoms with Crippen LogP contribution in [0.4, 0.5) is 22.0 Å². The maximum atomic E-state index is 13.7. The number of likely N-dealkylation sites (tertiary alicyclic amines) is 1. The average molecular weight is 271 g/mol. The Bertz CT molecular complexity index is 282. The normalized spacial score (nSPS) is 22.1. The topological polar surface area (TPSA) is 3.24 Å². The molecule has 1 unspecified atom stereocenters. The minimum atomic E-state index is -4.15. The molecule has 1 saturated heterocycles. The molecule has 0 aromatic heterocycles. The Morgan fingerprint density at radius 1 is 1.00 bits per heavy atom. The van der Waals surface area contributed by atoms with Gasteiger partial charge in [0.25, 0.3) is 0 Å². The van der Waals surface area contributed by atoms with Crippen LogP contribution >= 0.6 is 0 Å². The molecule has 1 rings (SSSR count). The summed E-state index contributed by atoms with van der Waals surface area (Å²) in [4.78, 5) is 0.544. The van der Waals surface area contributed by atoms with E-state index in [0.717, 1.165) is 18.9 Å². The third-order valence-corrected chi connectivity index (χ3v) is 3.06.